The van der Waals surface area contributed by atoms with E-state index in [0.717, 1.165) is 12.1 Å². The van der Waals surface area contributed by atoms with E-state index in [1.807, 2.05) is 19.1 Å². The maximum absolute atomic E-state index is 6.11. The monoisotopic (exact) mass is 259 g/mol. The lowest BCUT2D eigenvalue weighted by Gasteiger charge is -2.10. The summed E-state index contributed by atoms with van der Waals surface area (Å²) < 4.78 is 5.38. The van der Waals surface area contributed by atoms with Crippen molar-refractivity contribution in [3.05, 3.63) is 27.7 Å². The molecule has 1 aliphatic carbocycles. The summed E-state index contributed by atoms with van der Waals surface area (Å²) in [6.45, 7) is 3.30. The van der Waals surface area contributed by atoms with E-state index < -0.39 is 0 Å². The van der Waals surface area contributed by atoms with Gasteiger partial charge in [-0.3, -0.25) is 0 Å². The largest absolute Gasteiger partial charge is 0.491 e. The lowest BCUT2D eigenvalue weighted by molar-refractivity contribution is 0.340. The summed E-state index contributed by atoms with van der Waals surface area (Å²) in [6, 6.07) is 4.51. The Morgan fingerprint density at radius 1 is 1.31 bits per heavy atom. The van der Waals surface area contributed by atoms with Gasteiger partial charge in [-0.25, -0.2) is 0 Å². The van der Waals surface area contributed by atoms with E-state index in [0.29, 0.717) is 28.4 Å². The average molecular weight is 260 g/mol. The molecule has 1 aromatic carbocycles. The molecular weight excluding hydrogens is 245 g/mol. The minimum Gasteiger partial charge on any atom is -0.491 e. The fourth-order valence-corrected chi connectivity index (χ4v) is 2.19. The summed E-state index contributed by atoms with van der Waals surface area (Å²) >= 11 is 12.2. The lowest BCUT2D eigenvalue weighted by Crippen LogP contribution is -2.15. The molecule has 16 heavy (non-hydrogen) atoms. The van der Waals surface area contributed by atoms with Gasteiger partial charge in [-0.2, -0.15) is 0 Å². The van der Waals surface area contributed by atoms with Crippen LogP contribution >= 0.6 is 23.2 Å². The zero-order valence-electron chi connectivity index (χ0n) is 9.22. The summed E-state index contributed by atoms with van der Waals surface area (Å²) in [5.74, 6) is 0.584. The van der Waals surface area contributed by atoms with Crippen LogP contribution in [0.2, 0.25) is 10.0 Å². The lowest BCUT2D eigenvalue weighted by atomic mass is 10.2. The van der Waals surface area contributed by atoms with Crippen LogP contribution in [0.25, 0.3) is 0 Å². The Morgan fingerprint density at radius 3 is 2.44 bits per heavy atom. The van der Waals surface area contributed by atoms with Crippen LogP contribution in [-0.4, -0.2) is 12.6 Å². The van der Waals surface area contributed by atoms with Crippen LogP contribution in [0.15, 0.2) is 12.1 Å². The van der Waals surface area contributed by atoms with Gasteiger partial charge in [-0.1, -0.05) is 23.2 Å². The number of ether oxygens (including phenoxy) is 1. The van der Waals surface area contributed by atoms with Crippen LogP contribution in [0.5, 0.6) is 5.75 Å². The molecule has 0 aliphatic heterocycles. The van der Waals surface area contributed by atoms with E-state index >= 15 is 0 Å². The molecule has 4 heteroatoms. The maximum Gasteiger partial charge on any atom is 0.156 e. The molecule has 0 unspecified atom stereocenters. The SMILES string of the molecule is CCOc1c(Cl)cc(CNC2CC2)cc1Cl. The van der Waals surface area contributed by atoms with E-state index in [1.165, 1.54) is 12.8 Å². The third kappa shape index (κ3) is 3.03. The number of benzene rings is 1. The van der Waals surface area contributed by atoms with E-state index in [9.17, 15) is 0 Å². The van der Waals surface area contributed by atoms with Crippen molar-refractivity contribution < 1.29 is 4.74 Å². The van der Waals surface area contributed by atoms with Gasteiger partial charge >= 0.3 is 0 Å². The second-order valence-corrected chi connectivity index (χ2v) is 4.79. The minimum absolute atomic E-state index is 0.569. The van der Waals surface area contributed by atoms with Crippen LogP contribution < -0.4 is 10.1 Å². The number of nitrogens with one attached hydrogen (secondary N) is 1. The molecule has 2 nitrogen and oxygen atoms in total. The first-order valence-electron chi connectivity index (χ1n) is 5.54. The van der Waals surface area contributed by atoms with Gasteiger partial charge in [0.25, 0.3) is 0 Å². The molecule has 0 aromatic heterocycles. The second kappa shape index (κ2) is 5.26. The smallest absolute Gasteiger partial charge is 0.156 e. The summed E-state index contributed by atoms with van der Waals surface area (Å²) in [5, 5.41) is 4.59. The highest BCUT2D eigenvalue weighted by Crippen LogP contribution is 2.34. The molecule has 1 saturated carbocycles. The highest BCUT2D eigenvalue weighted by molar-refractivity contribution is 6.37. The summed E-state index contributed by atoms with van der Waals surface area (Å²) in [5.41, 5.74) is 1.10. The first-order chi connectivity index (χ1) is 7.70. The predicted molar refractivity (Wildman–Crippen MR) is 67.5 cm³/mol. The molecule has 0 spiro atoms. The number of halogens is 2. The molecule has 88 valence electrons. The van der Waals surface area contributed by atoms with Crippen molar-refractivity contribution in [1.29, 1.82) is 0 Å². The zero-order chi connectivity index (χ0) is 11.5. The third-order valence-electron chi connectivity index (χ3n) is 2.52. The number of rotatable bonds is 5. The molecule has 1 aromatic rings. The molecule has 0 atom stereocenters. The average Bonchev–Trinajstić information content (AvgIpc) is 3.04. The Morgan fingerprint density at radius 2 is 1.94 bits per heavy atom. The minimum atomic E-state index is 0.569. The van der Waals surface area contributed by atoms with E-state index in [1.54, 1.807) is 0 Å². The van der Waals surface area contributed by atoms with E-state index in [4.69, 9.17) is 27.9 Å². The van der Waals surface area contributed by atoms with Crippen molar-refractivity contribution in [3.8, 4) is 5.75 Å². The van der Waals surface area contributed by atoms with Crippen molar-refractivity contribution in [3.63, 3.8) is 0 Å². The van der Waals surface area contributed by atoms with Crippen molar-refractivity contribution in [2.24, 2.45) is 0 Å². The number of hydrogen-bond acceptors (Lipinski definition) is 2. The molecule has 1 aliphatic rings. The maximum atomic E-state index is 6.11. The Kier molecular flexibility index (Phi) is 3.95. The molecule has 0 radical (unpaired) electrons. The van der Waals surface area contributed by atoms with Gasteiger partial charge in [-0.05, 0) is 37.5 Å². The van der Waals surface area contributed by atoms with Gasteiger partial charge in [0.05, 0.1) is 16.7 Å². The van der Waals surface area contributed by atoms with E-state index in [2.05, 4.69) is 5.32 Å². The summed E-state index contributed by atoms with van der Waals surface area (Å²) in [7, 11) is 0. The summed E-state index contributed by atoms with van der Waals surface area (Å²) in [4.78, 5) is 0. The Labute approximate surface area is 106 Å². The summed E-state index contributed by atoms with van der Waals surface area (Å²) in [6.07, 6.45) is 2.55. The highest BCUT2D eigenvalue weighted by atomic mass is 35.5. The quantitative estimate of drug-likeness (QED) is 0.872. The Bertz CT molecular complexity index is 354. The first-order valence-corrected chi connectivity index (χ1v) is 6.30. The van der Waals surface area contributed by atoms with Crippen molar-refractivity contribution in [1.82, 2.24) is 5.32 Å². The number of hydrogen-bond donors (Lipinski definition) is 1. The van der Waals surface area contributed by atoms with Crippen LogP contribution in [-0.2, 0) is 6.54 Å². The Hall–Kier alpha value is -0.440. The normalized spacial score (nSPS) is 15.2. The molecule has 1 N–H and O–H groups in total. The zero-order valence-corrected chi connectivity index (χ0v) is 10.7. The van der Waals surface area contributed by atoms with Crippen LogP contribution in [0.3, 0.4) is 0 Å². The van der Waals surface area contributed by atoms with Crippen LogP contribution in [0.1, 0.15) is 25.3 Å². The van der Waals surface area contributed by atoms with Gasteiger partial charge in [-0.15, -0.1) is 0 Å². The second-order valence-electron chi connectivity index (χ2n) is 3.98. The van der Waals surface area contributed by atoms with Crippen LogP contribution in [0.4, 0.5) is 0 Å². The third-order valence-corrected chi connectivity index (χ3v) is 3.08. The topological polar surface area (TPSA) is 21.3 Å². The van der Waals surface area contributed by atoms with Crippen molar-refractivity contribution in [2.75, 3.05) is 6.61 Å². The molecule has 1 fully saturated rings. The van der Waals surface area contributed by atoms with Crippen LogP contribution in [0, 0.1) is 0 Å². The fraction of sp³-hybridized carbons (Fsp3) is 0.500. The Balaban J connectivity index is 2.08. The van der Waals surface area contributed by atoms with Gasteiger partial charge in [0.15, 0.2) is 5.75 Å². The van der Waals surface area contributed by atoms with Crippen molar-refractivity contribution >= 4 is 23.2 Å². The van der Waals surface area contributed by atoms with Gasteiger partial charge in [0.2, 0.25) is 0 Å². The molecular formula is C12H15Cl2NO. The molecule has 0 saturated heterocycles. The first kappa shape index (κ1) is 12.0. The van der Waals surface area contributed by atoms with Gasteiger partial charge in [0, 0.05) is 12.6 Å². The highest BCUT2D eigenvalue weighted by Gasteiger charge is 2.20. The van der Waals surface area contributed by atoms with Crippen molar-refractivity contribution in [2.45, 2.75) is 32.4 Å². The fourth-order valence-electron chi connectivity index (χ4n) is 1.55. The van der Waals surface area contributed by atoms with Gasteiger partial charge in [0.1, 0.15) is 0 Å². The molecule has 0 heterocycles. The predicted octanol–water partition coefficient (Wildman–Crippen LogP) is 3.64. The van der Waals surface area contributed by atoms with Gasteiger partial charge < -0.3 is 10.1 Å². The van der Waals surface area contributed by atoms with E-state index in [-0.39, 0.29) is 0 Å². The molecule has 0 bridgehead atoms. The molecule has 2 rings (SSSR count). The standard InChI is InChI=1S/C12H15Cl2NO/c1-2-16-12-10(13)5-8(6-11(12)14)7-15-9-3-4-9/h5-6,9,15H,2-4,7H2,1H3. The molecule has 0 amide bonds.